The summed E-state index contributed by atoms with van der Waals surface area (Å²) in [7, 11) is 2.98. The van der Waals surface area contributed by atoms with E-state index in [2.05, 4.69) is 10.2 Å². The smallest absolute Gasteiger partial charge is 0.355 e. The summed E-state index contributed by atoms with van der Waals surface area (Å²) in [4.78, 5) is 11.9. The van der Waals surface area contributed by atoms with E-state index in [4.69, 9.17) is 9.47 Å². The Bertz CT molecular complexity index is 809. The predicted molar refractivity (Wildman–Crippen MR) is 80.1 cm³/mol. The molecule has 6 heteroatoms. The highest BCUT2D eigenvalue weighted by atomic mass is 16.5. The molecule has 0 amide bonds. The summed E-state index contributed by atoms with van der Waals surface area (Å²) in [6, 6.07) is 12.9. The van der Waals surface area contributed by atoms with Crippen molar-refractivity contribution in [3.63, 3.8) is 0 Å². The highest BCUT2D eigenvalue weighted by Crippen LogP contribution is 2.16. The van der Waals surface area contributed by atoms with Crippen molar-refractivity contribution in [2.24, 2.45) is 0 Å². The van der Waals surface area contributed by atoms with Crippen molar-refractivity contribution in [1.29, 1.82) is 0 Å². The molecule has 0 bridgehead atoms. The maximum Gasteiger partial charge on any atom is 0.355 e. The summed E-state index contributed by atoms with van der Waals surface area (Å²) in [5.74, 6) is 1.06. The van der Waals surface area contributed by atoms with Gasteiger partial charge in [-0.05, 0) is 29.8 Å². The second kappa shape index (κ2) is 5.85. The molecule has 0 aliphatic carbocycles. The third kappa shape index (κ3) is 2.50. The lowest BCUT2D eigenvalue weighted by Gasteiger charge is -2.06. The lowest BCUT2D eigenvalue weighted by Crippen LogP contribution is -2.10. The number of aromatic nitrogens is 3. The number of rotatable bonds is 4. The molecule has 0 spiro atoms. The number of carbonyl (C=O) groups is 1. The standard InChI is InChI=1S/C16H15N3O3/c1-21-12-8-6-11(7-9-12)10-15-18-17-14-5-3-4-13(19(14)15)16(20)22-2/h3-9H,10H2,1-2H3. The third-order valence-corrected chi connectivity index (χ3v) is 3.41. The minimum atomic E-state index is -0.415. The van der Waals surface area contributed by atoms with E-state index in [1.165, 1.54) is 7.11 Å². The Balaban J connectivity index is 2.01. The molecule has 0 saturated heterocycles. The summed E-state index contributed by atoms with van der Waals surface area (Å²) in [6.07, 6.45) is 0.555. The third-order valence-electron chi connectivity index (χ3n) is 3.41. The van der Waals surface area contributed by atoms with Crippen molar-refractivity contribution in [1.82, 2.24) is 14.6 Å². The van der Waals surface area contributed by atoms with Crippen molar-refractivity contribution >= 4 is 11.6 Å². The monoisotopic (exact) mass is 297 g/mol. The SMILES string of the molecule is COC(=O)c1cccc2nnc(Cc3ccc(OC)cc3)n12. The van der Waals surface area contributed by atoms with Gasteiger partial charge in [-0.15, -0.1) is 10.2 Å². The minimum Gasteiger partial charge on any atom is -0.497 e. The summed E-state index contributed by atoms with van der Waals surface area (Å²) in [6.45, 7) is 0. The van der Waals surface area contributed by atoms with Crippen LogP contribution in [0.4, 0.5) is 0 Å². The van der Waals surface area contributed by atoms with Crippen molar-refractivity contribution in [2.45, 2.75) is 6.42 Å². The van der Waals surface area contributed by atoms with E-state index in [1.807, 2.05) is 24.3 Å². The largest absolute Gasteiger partial charge is 0.497 e. The maximum absolute atomic E-state index is 11.9. The van der Waals surface area contributed by atoms with Gasteiger partial charge >= 0.3 is 5.97 Å². The molecule has 0 saturated carbocycles. The number of benzene rings is 1. The molecule has 3 aromatic rings. The highest BCUT2D eigenvalue weighted by molar-refractivity contribution is 5.88. The first-order chi connectivity index (χ1) is 10.7. The van der Waals surface area contributed by atoms with E-state index in [-0.39, 0.29) is 0 Å². The zero-order chi connectivity index (χ0) is 15.5. The molecule has 22 heavy (non-hydrogen) atoms. The second-order valence-electron chi connectivity index (χ2n) is 4.74. The Kier molecular flexibility index (Phi) is 3.74. The van der Waals surface area contributed by atoms with E-state index < -0.39 is 5.97 Å². The van der Waals surface area contributed by atoms with Crippen LogP contribution in [0.3, 0.4) is 0 Å². The number of esters is 1. The first kappa shape index (κ1) is 14.1. The van der Waals surface area contributed by atoms with Crippen molar-refractivity contribution < 1.29 is 14.3 Å². The average Bonchev–Trinajstić information content (AvgIpc) is 2.98. The van der Waals surface area contributed by atoms with Crippen LogP contribution in [0.5, 0.6) is 5.75 Å². The Hall–Kier alpha value is -2.89. The van der Waals surface area contributed by atoms with Gasteiger partial charge in [0.15, 0.2) is 5.65 Å². The van der Waals surface area contributed by atoms with Crippen LogP contribution < -0.4 is 4.74 Å². The molecule has 6 nitrogen and oxygen atoms in total. The van der Waals surface area contributed by atoms with Gasteiger partial charge in [0, 0.05) is 6.42 Å². The number of nitrogens with zero attached hydrogens (tertiary/aromatic N) is 3. The lowest BCUT2D eigenvalue weighted by atomic mass is 10.1. The average molecular weight is 297 g/mol. The number of methoxy groups -OCH3 is 2. The van der Waals surface area contributed by atoms with Gasteiger partial charge in [0.25, 0.3) is 0 Å². The molecule has 0 aliphatic rings. The molecule has 112 valence electrons. The molecule has 1 aromatic carbocycles. The zero-order valence-electron chi connectivity index (χ0n) is 12.3. The summed E-state index contributed by atoms with van der Waals surface area (Å²) in [5, 5.41) is 8.29. The van der Waals surface area contributed by atoms with Crippen LogP contribution >= 0.6 is 0 Å². The van der Waals surface area contributed by atoms with Gasteiger partial charge in [-0.1, -0.05) is 18.2 Å². The summed E-state index contributed by atoms with van der Waals surface area (Å²) >= 11 is 0. The second-order valence-corrected chi connectivity index (χ2v) is 4.74. The van der Waals surface area contributed by atoms with E-state index in [0.717, 1.165) is 11.3 Å². The van der Waals surface area contributed by atoms with Crippen molar-refractivity contribution in [2.75, 3.05) is 14.2 Å². The Morgan fingerprint density at radius 3 is 2.55 bits per heavy atom. The quantitative estimate of drug-likeness (QED) is 0.690. The van der Waals surface area contributed by atoms with Crippen LogP contribution in [0.25, 0.3) is 5.65 Å². The number of pyridine rings is 1. The fourth-order valence-corrected chi connectivity index (χ4v) is 2.31. The van der Waals surface area contributed by atoms with E-state index in [9.17, 15) is 4.79 Å². The highest BCUT2D eigenvalue weighted by Gasteiger charge is 2.15. The molecular weight excluding hydrogens is 282 g/mol. The van der Waals surface area contributed by atoms with Crippen LogP contribution in [0.1, 0.15) is 21.9 Å². The van der Waals surface area contributed by atoms with Crippen LogP contribution in [-0.2, 0) is 11.2 Å². The topological polar surface area (TPSA) is 65.7 Å². The van der Waals surface area contributed by atoms with Gasteiger partial charge in [0.1, 0.15) is 17.3 Å². The van der Waals surface area contributed by atoms with E-state index >= 15 is 0 Å². The van der Waals surface area contributed by atoms with Crippen LogP contribution in [0.2, 0.25) is 0 Å². The van der Waals surface area contributed by atoms with Crippen molar-refractivity contribution in [3.8, 4) is 5.75 Å². The number of hydrogen-bond donors (Lipinski definition) is 0. The number of ether oxygens (including phenoxy) is 2. The van der Waals surface area contributed by atoms with Gasteiger partial charge in [0.05, 0.1) is 14.2 Å². The van der Waals surface area contributed by atoms with Gasteiger partial charge in [-0.25, -0.2) is 4.79 Å². The normalized spacial score (nSPS) is 10.6. The molecule has 2 aromatic heterocycles. The number of carbonyl (C=O) groups excluding carboxylic acids is 1. The van der Waals surface area contributed by atoms with Crippen LogP contribution in [-0.4, -0.2) is 34.8 Å². The first-order valence-corrected chi connectivity index (χ1v) is 6.77. The molecule has 2 heterocycles. The van der Waals surface area contributed by atoms with E-state index in [1.54, 1.807) is 29.7 Å². The maximum atomic E-state index is 11.9. The Morgan fingerprint density at radius 2 is 1.86 bits per heavy atom. The van der Waals surface area contributed by atoms with Gasteiger partial charge in [0.2, 0.25) is 0 Å². The van der Waals surface area contributed by atoms with Crippen LogP contribution in [0, 0.1) is 0 Å². The van der Waals surface area contributed by atoms with Gasteiger partial charge < -0.3 is 9.47 Å². The minimum absolute atomic E-state index is 0.411. The molecule has 0 unspecified atom stereocenters. The lowest BCUT2D eigenvalue weighted by molar-refractivity contribution is 0.0592. The Morgan fingerprint density at radius 1 is 1.09 bits per heavy atom. The molecular formula is C16H15N3O3. The number of hydrogen-bond acceptors (Lipinski definition) is 5. The predicted octanol–water partition coefficient (Wildman–Crippen LogP) is 2.12. The van der Waals surface area contributed by atoms with Gasteiger partial charge in [-0.2, -0.15) is 0 Å². The fraction of sp³-hybridized carbons (Fsp3) is 0.188. The van der Waals surface area contributed by atoms with Gasteiger partial charge in [-0.3, -0.25) is 4.40 Å². The summed E-state index contributed by atoms with van der Waals surface area (Å²) < 4.78 is 11.7. The molecule has 0 N–H and O–H groups in total. The van der Waals surface area contributed by atoms with Crippen molar-refractivity contribution in [3.05, 3.63) is 59.5 Å². The summed E-state index contributed by atoms with van der Waals surface area (Å²) in [5.41, 5.74) is 2.08. The molecule has 3 rings (SSSR count). The fourth-order valence-electron chi connectivity index (χ4n) is 2.31. The first-order valence-electron chi connectivity index (χ1n) is 6.77. The molecule has 0 fully saturated rings. The Labute approximate surface area is 127 Å². The molecule has 0 aliphatic heterocycles. The van der Waals surface area contributed by atoms with E-state index in [0.29, 0.717) is 23.6 Å². The molecule has 0 atom stereocenters. The van der Waals surface area contributed by atoms with Crippen LogP contribution in [0.15, 0.2) is 42.5 Å². The molecule has 0 radical (unpaired) electrons. The number of fused-ring (bicyclic) bond motifs is 1. The zero-order valence-corrected chi connectivity index (χ0v) is 12.3.